The van der Waals surface area contributed by atoms with Crippen molar-refractivity contribution >= 4 is 0 Å². The summed E-state index contributed by atoms with van der Waals surface area (Å²) in [6.07, 6.45) is 5.83. The fraction of sp³-hybridized carbons (Fsp3) is 0.533. The molecule has 0 aliphatic rings. The molecule has 0 radical (unpaired) electrons. The number of hydrogen-bond donors (Lipinski definition) is 1. The van der Waals surface area contributed by atoms with Gasteiger partial charge in [0, 0.05) is 37.5 Å². The molecule has 19 heavy (non-hydrogen) atoms. The zero-order valence-corrected chi connectivity index (χ0v) is 12.2. The van der Waals surface area contributed by atoms with Gasteiger partial charge in [0.2, 0.25) is 0 Å². The minimum atomic E-state index is 0.333. The summed E-state index contributed by atoms with van der Waals surface area (Å²) in [5, 5.41) is 3.54. The SMILES string of the molecule is CCNC(CCc1nccn1C)c1cc(C)oc1C. The van der Waals surface area contributed by atoms with Crippen LogP contribution in [0.3, 0.4) is 0 Å². The smallest absolute Gasteiger partial charge is 0.108 e. The number of aryl methyl sites for hydroxylation is 4. The van der Waals surface area contributed by atoms with E-state index in [4.69, 9.17) is 4.42 Å². The number of rotatable bonds is 6. The molecule has 0 spiro atoms. The molecule has 0 fully saturated rings. The Balaban J connectivity index is 2.08. The summed E-state index contributed by atoms with van der Waals surface area (Å²) in [4.78, 5) is 4.38. The Hall–Kier alpha value is -1.55. The molecule has 2 aromatic heterocycles. The standard InChI is InChI=1S/C15H23N3O/c1-5-16-14(13-10-11(2)19-12(13)3)6-7-15-17-8-9-18(15)4/h8-10,14,16H,5-7H2,1-4H3. The second-order valence-corrected chi connectivity index (χ2v) is 4.97. The normalized spacial score (nSPS) is 12.8. The number of imidazole rings is 1. The van der Waals surface area contributed by atoms with Gasteiger partial charge in [-0.1, -0.05) is 6.92 Å². The van der Waals surface area contributed by atoms with Crippen molar-refractivity contribution < 1.29 is 4.42 Å². The summed E-state index contributed by atoms with van der Waals surface area (Å²) in [7, 11) is 2.04. The zero-order valence-electron chi connectivity index (χ0n) is 12.2. The lowest BCUT2D eigenvalue weighted by molar-refractivity contribution is 0.471. The van der Waals surface area contributed by atoms with Crippen LogP contribution in [0.5, 0.6) is 0 Å². The number of furan rings is 1. The highest BCUT2D eigenvalue weighted by molar-refractivity contribution is 5.24. The maximum atomic E-state index is 5.64. The predicted octanol–water partition coefficient (Wildman–Crippen LogP) is 2.91. The molecule has 2 aromatic rings. The first-order valence-electron chi connectivity index (χ1n) is 6.88. The van der Waals surface area contributed by atoms with Gasteiger partial charge in [-0.2, -0.15) is 0 Å². The van der Waals surface area contributed by atoms with Crippen LogP contribution < -0.4 is 5.32 Å². The third kappa shape index (κ3) is 3.26. The molecule has 0 aliphatic heterocycles. The second-order valence-electron chi connectivity index (χ2n) is 4.97. The third-order valence-corrected chi connectivity index (χ3v) is 3.48. The molecule has 0 bridgehead atoms. The van der Waals surface area contributed by atoms with Crippen LogP contribution in [0.4, 0.5) is 0 Å². The number of nitrogens with one attached hydrogen (secondary N) is 1. The van der Waals surface area contributed by atoms with Gasteiger partial charge in [-0.25, -0.2) is 4.98 Å². The molecule has 0 saturated heterocycles. The summed E-state index contributed by atoms with van der Waals surface area (Å²) >= 11 is 0. The van der Waals surface area contributed by atoms with Crippen molar-refractivity contribution in [2.45, 2.75) is 39.7 Å². The number of nitrogens with zero attached hydrogens (tertiary/aromatic N) is 2. The summed E-state index contributed by atoms with van der Waals surface area (Å²) in [5.41, 5.74) is 1.27. The predicted molar refractivity (Wildman–Crippen MR) is 76.1 cm³/mol. The van der Waals surface area contributed by atoms with E-state index in [9.17, 15) is 0 Å². The molecule has 104 valence electrons. The van der Waals surface area contributed by atoms with Crippen LogP contribution in [0.15, 0.2) is 22.9 Å². The first-order valence-corrected chi connectivity index (χ1v) is 6.88. The van der Waals surface area contributed by atoms with Gasteiger partial charge >= 0.3 is 0 Å². The van der Waals surface area contributed by atoms with E-state index in [1.54, 1.807) is 0 Å². The zero-order chi connectivity index (χ0) is 13.8. The van der Waals surface area contributed by atoms with Crippen LogP contribution >= 0.6 is 0 Å². The van der Waals surface area contributed by atoms with Crippen molar-refractivity contribution in [3.8, 4) is 0 Å². The lowest BCUT2D eigenvalue weighted by Crippen LogP contribution is -2.22. The first kappa shape index (κ1) is 13.9. The quantitative estimate of drug-likeness (QED) is 0.869. The van der Waals surface area contributed by atoms with Gasteiger partial charge in [0.25, 0.3) is 0 Å². The van der Waals surface area contributed by atoms with E-state index in [2.05, 4.69) is 27.9 Å². The first-order chi connectivity index (χ1) is 9.11. The number of hydrogen-bond acceptors (Lipinski definition) is 3. The summed E-state index contributed by atoms with van der Waals surface area (Å²) < 4.78 is 7.72. The van der Waals surface area contributed by atoms with Crippen molar-refractivity contribution in [2.24, 2.45) is 7.05 Å². The van der Waals surface area contributed by atoms with Crippen LogP contribution in [0.2, 0.25) is 0 Å². The molecule has 0 aromatic carbocycles. The Labute approximate surface area is 114 Å². The maximum absolute atomic E-state index is 5.64. The third-order valence-electron chi connectivity index (χ3n) is 3.48. The molecule has 0 aliphatic carbocycles. The van der Waals surface area contributed by atoms with Crippen LogP contribution in [-0.4, -0.2) is 16.1 Å². The van der Waals surface area contributed by atoms with E-state index in [1.807, 2.05) is 33.3 Å². The maximum Gasteiger partial charge on any atom is 0.108 e. The molecular weight excluding hydrogens is 238 g/mol. The highest BCUT2D eigenvalue weighted by Gasteiger charge is 2.17. The molecular formula is C15H23N3O. The van der Waals surface area contributed by atoms with Gasteiger partial charge < -0.3 is 14.3 Å². The Morgan fingerprint density at radius 3 is 2.74 bits per heavy atom. The lowest BCUT2D eigenvalue weighted by Gasteiger charge is -2.17. The monoisotopic (exact) mass is 261 g/mol. The molecule has 0 amide bonds. The van der Waals surface area contributed by atoms with Gasteiger partial charge in [0.1, 0.15) is 17.3 Å². The molecule has 2 heterocycles. The topological polar surface area (TPSA) is 43.0 Å². The van der Waals surface area contributed by atoms with Gasteiger partial charge in [0.15, 0.2) is 0 Å². The van der Waals surface area contributed by atoms with Gasteiger partial charge in [0.05, 0.1) is 0 Å². The van der Waals surface area contributed by atoms with Crippen LogP contribution in [0, 0.1) is 13.8 Å². The van der Waals surface area contributed by atoms with Crippen LogP contribution in [-0.2, 0) is 13.5 Å². The molecule has 4 nitrogen and oxygen atoms in total. The molecule has 1 unspecified atom stereocenters. The van der Waals surface area contributed by atoms with Gasteiger partial charge in [-0.15, -0.1) is 0 Å². The largest absolute Gasteiger partial charge is 0.466 e. The molecule has 1 N–H and O–H groups in total. The van der Waals surface area contributed by atoms with E-state index in [0.29, 0.717) is 6.04 Å². The molecule has 0 saturated carbocycles. The van der Waals surface area contributed by atoms with Crippen molar-refractivity contribution in [3.05, 3.63) is 41.4 Å². The van der Waals surface area contributed by atoms with Crippen LogP contribution in [0.25, 0.3) is 0 Å². The Morgan fingerprint density at radius 2 is 2.21 bits per heavy atom. The minimum Gasteiger partial charge on any atom is -0.466 e. The van der Waals surface area contributed by atoms with Crippen molar-refractivity contribution in [1.82, 2.24) is 14.9 Å². The average Bonchev–Trinajstić information content (AvgIpc) is 2.91. The molecule has 1 atom stereocenters. The van der Waals surface area contributed by atoms with Crippen LogP contribution in [0.1, 0.15) is 42.3 Å². The van der Waals surface area contributed by atoms with E-state index in [0.717, 1.165) is 36.7 Å². The fourth-order valence-electron chi connectivity index (χ4n) is 2.52. The Morgan fingerprint density at radius 1 is 1.42 bits per heavy atom. The summed E-state index contributed by atoms with van der Waals surface area (Å²) in [6.45, 7) is 7.12. The van der Waals surface area contributed by atoms with Gasteiger partial charge in [-0.3, -0.25) is 0 Å². The highest BCUT2D eigenvalue weighted by atomic mass is 16.3. The Bertz CT molecular complexity index is 527. The van der Waals surface area contributed by atoms with Crippen molar-refractivity contribution in [3.63, 3.8) is 0 Å². The van der Waals surface area contributed by atoms with E-state index >= 15 is 0 Å². The lowest BCUT2D eigenvalue weighted by atomic mass is 10.0. The van der Waals surface area contributed by atoms with Gasteiger partial charge in [-0.05, 0) is 32.9 Å². The van der Waals surface area contributed by atoms with Crippen molar-refractivity contribution in [2.75, 3.05) is 6.54 Å². The summed E-state index contributed by atoms with van der Waals surface area (Å²) in [5.74, 6) is 3.12. The van der Waals surface area contributed by atoms with E-state index in [1.165, 1.54) is 5.56 Å². The molecule has 4 heteroatoms. The van der Waals surface area contributed by atoms with E-state index in [-0.39, 0.29) is 0 Å². The average molecular weight is 261 g/mol. The fourth-order valence-corrected chi connectivity index (χ4v) is 2.52. The van der Waals surface area contributed by atoms with E-state index < -0.39 is 0 Å². The number of aromatic nitrogens is 2. The second kappa shape index (κ2) is 6.06. The molecule has 2 rings (SSSR count). The summed E-state index contributed by atoms with van der Waals surface area (Å²) in [6, 6.07) is 2.47. The van der Waals surface area contributed by atoms with Crippen molar-refractivity contribution in [1.29, 1.82) is 0 Å². The minimum absolute atomic E-state index is 0.333. The highest BCUT2D eigenvalue weighted by Crippen LogP contribution is 2.25. The Kier molecular flexibility index (Phi) is 4.43.